The number of allylic oxidation sites excluding steroid dienone is 16. The molecule has 0 fully saturated rings. The van der Waals surface area contributed by atoms with Crippen molar-refractivity contribution in [3.63, 3.8) is 0 Å². The zero-order valence-electron chi connectivity index (χ0n) is 38.1. The Balaban J connectivity index is 4.80. The van der Waals surface area contributed by atoms with Gasteiger partial charge in [-0.25, -0.2) is 0 Å². The average Bonchev–Trinajstić information content (AvgIpc) is 3.23. The lowest BCUT2D eigenvalue weighted by Gasteiger charge is -2.24. The van der Waals surface area contributed by atoms with E-state index in [-0.39, 0.29) is 24.9 Å². The summed E-state index contributed by atoms with van der Waals surface area (Å²) in [6, 6.07) is -0.734. The second kappa shape index (κ2) is 45.9. The molecule has 3 atom stereocenters. The number of carbonyl (C=O) groups excluding carboxylic acids is 2. The van der Waals surface area contributed by atoms with Gasteiger partial charge in [0.05, 0.1) is 25.2 Å². The van der Waals surface area contributed by atoms with Gasteiger partial charge in [-0.05, 0) is 96.3 Å². The molecule has 0 aliphatic heterocycles. The second-order valence-corrected chi connectivity index (χ2v) is 15.8. The van der Waals surface area contributed by atoms with Crippen LogP contribution in [0.15, 0.2) is 97.2 Å². The molecule has 0 aromatic heterocycles. The van der Waals surface area contributed by atoms with E-state index in [1.54, 1.807) is 0 Å². The van der Waals surface area contributed by atoms with Crippen LogP contribution >= 0.6 is 0 Å². The first-order valence-electron chi connectivity index (χ1n) is 24.0. The molecule has 0 aliphatic rings. The SMILES string of the molecule is CC/C=C/C/C=C/C/C=C/C/C=C/CCCC(CC(=O)NC(CO)C(O)CCCCCCCCCCC)OC(=O)CCC/C=C\C/C=C\C/C=C\C/C=C\CCCCC. The number of nitrogens with one attached hydrogen (secondary N) is 1. The monoisotopic (exact) mass is 820 g/mol. The maximum atomic E-state index is 13.1. The van der Waals surface area contributed by atoms with Crippen molar-refractivity contribution < 1.29 is 24.5 Å². The summed E-state index contributed by atoms with van der Waals surface area (Å²) in [4.78, 5) is 26.0. The lowest BCUT2D eigenvalue weighted by Crippen LogP contribution is -2.46. The molecule has 0 aromatic rings. The first-order valence-corrected chi connectivity index (χ1v) is 24.0. The van der Waals surface area contributed by atoms with E-state index in [0.717, 1.165) is 83.5 Å². The summed E-state index contributed by atoms with van der Waals surface area (Å²) in [5.41, 5.74) is 0. The summed E-state index contributed by atoms with van der Waals surface area (Å²) in [6.45, 7) is 6.27. The van der Waals surface area contributed by atoms with Crippen molar-refractivity contribution in [1.29, 1.82) is 0 Å². The topological polar surface area (TPSA) is 95.9 Å². The van der Waals surface area contributed by atoms with Crippen LogP contribution in [-0.2, 0) is 14.3 Å². The van der Waals surface area contributed by atoms with Gasteiger partial charge >= 0.3 is 5.97 Å². The summed E-state index contributed by atoms with van der Waals surface area (Å²) >= 11 is 0. The lowest BCUT2D eigenvalue weighted by atomic mass is 10.0. The van der Waals surface area contributed by atoms with Gasteiger partial charge in [-0.3, -0.25) is 9.59 Å². The predicted molar refractivity (Wildman–Crippen MR) is 254 cm³/mol. The van der Waals surface area contributed by atoms with Gasteiger partial charge in [0.25, 0.3) is 0 Å². The number of aliphatic hydroxyl groups is 2. The minimum atomic E-state index is -0.814. The number of amides is 1. The van der Waals surface area contributed by atoms with Gasteiger partial charge in [0.1, 0.15) is 6.10 Å². The Labute approximate surface area is 363 Å². The van der Waals surface area contributed by atoms with E-state index in [4.69, 9.17) is 4.74 Å². The molecule has 3 unspecified atom stereocenters. The van der Waals surface area contributed by atoms with Crippen LogP contribution in [0.1, 0.15) is 201 Å². The molecular formula is C53H89NO5. The summed E-state index contributed by atoms with van der Waals surface area (Å²) in [5.74, 6) is -0.607. The van der Waals surface area contributed by atoms with E-state index >= 15 is 0 Å². The molecule has 0 heterocycles. The molecule has 1 amide bonds. The number of rotatable bonds is 41. The third kappa shape index (κ3) is 41.3. The first-order chi connectivity index (χ1) is 29.0. The molecule has 0 bridgehead atoms. The van der Waals surface area contributed by atoms with Crippen molar-refractivity contribution >= 4 is 11.9 Å². The van der Waals surface area contributed by atoms with E-state index < -0.39 is 18.2 Å². The molecular weight excluding hydrogens is 731 g/mol. The van der Waals surface area contributed by atoms with Crippen LogP contribution < -0.4 is 5.32 Å². The molecule has 336 valence electrons. The number of aliphatic hydroxyl groups excluding tert-OH is 2. The molecule has 0 saturated heterocycles. The Hall–Kier alpha value is -3.22. The normalized spacial score (nSPS) is 14.2. The van der Waals surface area contributed by atoms with Gasteiger partial charge in [-0.2, -0.15) is 0 Å². The van der Waals surface area contributed by atoms with Crippen LogP contribution in [0.4, 0.5) is 0 Å². The molecule has 6 nitrogen and oxygen atoms in total. The van der Waals surface area contributed by atoms with Crippen LogP contribution in [-0.4, -0.2) is 46.9 Å². The maximum absolute atomic E-state index is 13.1. The summed E-state index contributed by atoms with van der Waals surface area (Å²) in [5, 5.41) is 23.6. The van der Waals surface area contributed by atoms with Crippen LogP contribution in [0.3, 0.4) is 0 Å². The fraction of sp³-hybridized carbons (Fsp3) is 0.660. The minimum Gasteiger partial charge on any atom is -0.462 e. The van der Waals surface area contributed by atoms with Gasteiger partial charge < -0.3 is 20.3 Å². The minimum absolute atomic E-state index is 0.0123. The summed E-state index contributed by atoms with van der Waals surface area (Å²) < 4.78 is 5.86. The molecule has 59 heavy (non-hydrogen) atoms. The average molecular weight is 820 g/mol. The van der Waals surface area contributed by atoms with E-state index in [2.05, 4.69) is 123 Å². The fourth-order valence-corrected chi connectivity index (χ4v) is 6.53. The highest BCUT2D eigenvalue weighted by molar-refractivity contribution is 5.77. The van der Waals surface area contributed by atoms with E-state index in [0.29, 0.717) is 25.7 Å². The maximum Gasteiger partial charge on any atom is 0.306 e. The molecule has 6 heteroatoms. The number of carbonyl (C=O) groups is 2. The quantitative estimate of drug-likeness (QED) is 0.0324. The second-order valence-electron chi connectivity index (χ2n) is 15.8. The summed E-state index contributed by atoms with van der Waals surface area (Å²) in [6.07, 6.45) is 60.5. The fourth-order valence-electron chi connectivity index (χ4n) is 6.53. The van der Waals surface area contributed by atoms with Gasteiger partial charge in [-0.1, -0.05) is 189 Å². The molecule has 0 rings (SSSR count). The van der Waals surface area contributed by atoms with Crippen LogP contribution in [0.25, 0.3) is 0 Å². The largest absolute Gasteiger partial charge is 0.462 e. The van der Waals surface area contributed by atoms with Gasteiger partial charge in [0.2, 0.25) is 5.91 Å². The van der Waals surface area contributed by atoms with Crippen molar-refractivity contribution in [2.24, 2.45) is 0 Å². The zero-order valence-corrected chi connectivity index (χ0v) is 38.1. The Morgan fingerprint density at radius 3 is 1.42 bits per heavy atom. The predicted octanol–water partition coefficient (Wildman–Crippen LogP) is 14.2. The van der Waals surface area contributed by atoms with Gasteiger partial charge in [0, 0.05) is 6.42 Å². The van der Waals surface area contributed by atoms with E-state index in [1.165, 1.54) is 64.2 Å². The highest BCUT2D eigenvalue weighted by atomic mass is 16.5. The standard InChI is InChI=1S/C53H89NO5/c1-4-7-10-13-16-19-21-23-25-26-27-29-31-34-37-40-43-46-53(58)59-49(44-41-38-35-33-30-28-24-22-20-17-14-11-8-5-2)47-52(57)54-50(48-55)51(56)45-42-39-36-32-18-15-12-9-6-3/h8,11,16-17,19-20,23-25,27-29,33-35,37,49-51,55-56H,4-7,9-10,12-15,18,21-22,26,30-32,36,38-48H2,1-3H3,(H,54,57)/b11-8+,19-16-,20-17+,25-23-,28-24+,29-27-,35-33+,37-34-. The third-order valence-corrected chi connectivity index (χ3v) is 10.1. The smallest absolute Gasteiger partial charge is 0.306 e. The third-order valence-electron chi connectivity index (χ3n) is 10.1. The Morgan fingerprint density at radius 2 is 0.932 bits per heavy atom. The number of hydrogen-bond donors (Lipinski definition) is 3. The number of unbranched alkanes of at least 4 members (excludes halogenated alkanes) is 13. The van der Waals surface area contributed by atoms with Crippen molar-refractivity contribution in [2.45, 2.75) is 219 Å². The molecule has 0 spiro atoms. The first kappa shape index (κ1) is 55.8. The highest BCUT2D eigenvalue weighted by Gasteiger charge is 2.23. The van der Waals surface area contributed by atoms with E-state index in [9.17, 15) is 19.8 Å². The molecule has 0 radical (unpaired) electrons. The van der Waals surface area contributed by atoms with Crippen molar-refractivity contribution in [1.82, 2.24) is 5.32 Å². The Morgan fingerprint density at radius 1 is 0.508 bits per heavy atom. The Kier molecular flexibility index (Phi) is 43.4. The van der Waals surface area contributed by atoms with E-state index in [1.807, 2.05) is 0 Å². The number of ether oxygens (including phenoxy) is 1. The molecule has 0 saturated carbocycles. The Bertz CT molecular complexity index is 1190. The van der Waals surface area contributed by atoms with Crippen LogP contribution in [0, 0.1) is 0 Å². The van der Waals surface area contributed by atoms with Crippen molar-refractivity contribution in [3.05, 3.63) is 97.2 Å². The van der Waals surface area contributed by atoms with Gasteiger partial charge in [-0.15, -0.1) is 0 Å². The number of esters is 1. The van der Waals surface area contributed by atoms with Crippen LogP contribution in [0.2, 0.25) is 0 Å². The number of hydrogen-bond acceptors (Lipinski definition) is 5. The van der Waals surface area contributed by atoms with Crippen molar-refractivity contribution in [3.8, 4) is 0 Å². The lowest BCUT2D eigenvalue weighted by molar-refractivity contribution is -0.151. The van der Waals surface area contributed by atoms with Crippen LogP contribution in [0.5, 0.6) is 0 Å². The molecule has 0 aliphatic carbocycles. The molecule has 0 aromatic carbocycles. The van der Waals surface area contributed by atoms with Crippen molar-refractivity contribution in [2.75, 3.05) is 6.61 Å². The highest BCUT2D eigenvalue weighted by Crippen LogP contribution is 2.15. The van der Waals surface area contributed by atoms with Gasteiger partial charge in [0.15, 0.2) is 0 Å². The molecule has 3 N–H and O–H groups in total. The summed E-state index contributed by atoms with van der Waals surface area (Å²) in [7, 11) is 0. The zero-order chi connectivity index (χ0) is 43.1.